The lowest BCUT2D eigenvalue weighted by Gasteiger charge is -2.06. The van der Waals surface area contributed by atoms with Gasteiger partial charge in [0.1, 0.15) is 7.05 Å². The van der Waals surface area contributed by atoms with Gasteiger partial charge in [-0.2, -0.15) is 0 Å². The number of benzene rings is 3. The van der Waals surface area contributed by atoms with E-state index in [1.54, 1.807) is 0 Å². The van der Waals surface area contributed by atoms with Gasteiger partial charge in [-0.25, -0.2) is 4.57 Å². The maximum absolute atomic E-state index is 2.26. The Hall–Kier alpha value is -2.20. The second kappa shape index (κ2) is 7.14. The van der Waals surface area contributed by atoms with E-state index in [0.29, 0.717) is 0 Å². The monoisotopic (exact) mass is 423 g/mol. The van der Waals surface area contributed by atoms with Gasteiger partial charge in [-0.1, -0.05) is 60.7 Å². The van der Waals surface area contributed by atoms with Crippen LogP contribution in [-0.2, 0) is 7.05 Å². The van der Waals surface area contributed by atoms with Gasteiger partial charge in [0.25, 0.3) is 0 Å². The Labute approximate surface area is 159 Å². The average molecular weight is 423 g/mol. The minimum absolute atomic E-state index is 0. The summed E-state index contributed by atoms with van der Waals surface area (Å²) in [6, 6.07) is 30.0. The number of aryl methyl sites for hydroxylation is 1. The molecule has 1 heterocycles. The molecule has 0 saturated heterocycles. The Morgan fingerprint density at radius 3 is 2.00 bits per heavy atom. The smallest absolute Gasteiger partial charge is 0.212 e. The van der Waals surface area contributed by atoms with Crippen LogP contribution >= 0.6 is 0 Å². The summed E-state index contributed by atoms with van der Waals surface area (Å²) in [6.45, 7) is 0. The van der Waals surface area contributed by atoms with Crippen molar-refractivity contribution < 1.29 is 28.5 Å². The fraction of sp³-hybridized carbons (Fsp3) is 0.0455. The van der Waals surface area contributed by atoms with Crippen molar-refractivity contribution in [2.45, 2.75) is 0 Å². The van der Waals surface area contributed by atoms with Crippen molar-refractivity contribution in [2.75, 3.05) is 0 Å². The van der Waals surface area contributed by atoms with Gasteiger partial charge in [0.05, 0.1) is 0 Å². The molecule has 0 aliphatic rings. The third-order valence-corrected chi connectivity index (χ3v) is 4.26. The van der Waals surface area contributed by atoms with Crippen LogP contribution in [0.1, 0.15) is 0 Å². The molecule has 4 aromatic rings. The molecule has 0 atom stereocenters. The van der Waals surface area contributed by atoms with Crippen molar-refractivity contribution in [1.29, 1.82) is 0 Å². The van der Waals surface area contributed by atoms with E-state index in [-0.39, 0.29) is 24.0 Å². The van der Waals surface area contributed by atoms with E-state index in [2.05, 4.69) is 103 Å². The van der Waals surface area contributed by atoms with Crippen LogP contribution in [-0.4, -0.2) is 0 Å². The minimum atomic E-state index is 0. The lowest BCUT2D eigenvalue weighted by molar-refractivity contribution is -0.644. The van der Waals surface area contributed by atoms with E-state index < -0.39 is 0 Å². The summed E-state index contributed by atoms with van der Waals surface area (Å²) in [6.07, 6.45) is 2.20. The molecule has 0 bridgehead atoms. The molecule has 1 aromatic heterocycles. The molecular formula is C22H18IN. The van der Waals surface area contributed by atoms with Gasteiger partial charge in [0.15, 0.2) is 6.20 Å². The number of hydrogen-bond acceptors (Lipinski definition) is 0. The number of hydrogen-bond donors (Lipinski definition) is 0. The van der Waals surface area contributed by atoms with Crippen molar-refractivity contribution >= 4 is 10.9 Å². The molecular weight excluding hydrogens is 405 g/mol. The Morgan fingerprint density at radius 1 is 0.583 bits per heavy atom. The lowest BCUT2D eigenvalue weighted by Crippen LogP contribution is -3.00. The molecule has 4 rings (SSSR count). The first kappa shape index (κ1) is 16.7. The molecule has 1 nitrogen and oxygen atoms in total. The van der Waals surface area contributed by atoms with Gasteiger partial charge >= 0.3 is 0 Å². The van der Waals surface area contributed by atoms with Crippen LogP contribution in [0.15, 0.2) is 91.1 Å². The van der Waals surface area contributed by atoms with Gasteiger partial charge in [-0.15, -0.1) is 0 Å². The summed E-state index contributed by atoms with van der Waals surface area (Å²) in [7, 11) is 2.10. The standard InChI is InChI=1S/C22H18N.HI/c1-23-16-21(15-20-10-5-6-13-22(20)23)19-12-7-11-18(14-19)17-8-3-2-4-9-17;/h2-16H,1H3;1H/q+1;/p-1. The molecule has 0 amide bonds. The number of para-hydroxylation sites is 1. The molecule has 24 heavy (non-hydrogen) atoms. The zero-order valence-corrected chi connectivity index (χ0v) is 15.6. The van der Waals surface area contributed by atoms with Crippen molar-refractivity contribution in [3.05, 3.63) is 91.1 Å². The molecule has 3 aromatic carbocycles. The predicted octanol–water partition coefficient (Wildman–Crippen LogP) is 2.00. The summed E-state index contributed by atoms with van der Waals surface area (Å²) in [5.41, 5.74) is 6.23. The molecule has 0 saturated carbocycles. The highest BCUT2D eigenvalue weighted by Crippen LogP contribution is 2.27. The van der Waals surface area contributed by atoms with E-state index in [9.17, 15) is 0 Å². The summed E-state index contributed by atoms with van der Waals surface area (Å²) in [5, 5.41) is 1.26. The first-order valence-electron chi connectivity index (χ1n) is 7.85. The summed E-state index contributed by atoms with van der Waals surface area (Å²) < 4.78 is 2.19. The van der Waals surface area contributed by atoms with Crippen LogP contribution in [0, 0.1) is 0 Å². The predicted molar refractivity (Wildman–Crippen MR) is 96.0 cm³/mol. The Bertz CT molecular complexity index is 977. The Balaban J connectivity index is 0.00000169. The highest BCUT2D eigenvalue weighted by molar-refractivity contribution is 5.82. The lowest BCUT2D eigenvalue weighted by atomic mass is 9.99. The summed E-state index contributed by atoms with van der Waals surface area (Å²) in [5.74, 6) is 0. The normalized spacial score (nSPS) is 10.4. The summed E-state index contributed by atoms with van der Waals surface area (Å²) in [4.78, 5) is 0. The number of aromatic nitrogens is 1. The second-order valence-electron chi connectivity index (χ2n) is 5.85. The SMILES string of the molecule is C[n+]1cc(-c2cccc(-c3ccccc3)c2)cc2ccccc21.[I-]. The molecule has 2 heteroatoms. The van der Waals surface area contributed by atoms with Crippen molar-refractivity contribution in [1.82, 2.24) is 0 Å². The molecule has 0 fully saturated rings. The molecule has 0 N–H and O–H groups in total. The van der Waals surface area contributed by atoms with E-state index in [1.807, 2.05) is 0 Å². The van der Waals surface area contributed by atoms with Crippen LogP contribution in [0.3, 0.4) is 0 Å². The van der Waals surface area contributed by atoms with Crippen LogP contribution < -0.4 is 28.5 Å². The van der Waals surface area contributed by atoms with Gasteiger partial charge in [-0.05, 0) is 34.9 Å². The number of pyridine rings is 1. The molecule has 118 valence electrons. The first-order valence-corrected chi connectivity index (χ1v) is 7.85. The molecule has 0 unspecified atom stereocenters. The minimum Gasteiger partial charge on any atom is -1.00 e. The van der Waals surface area contributed by atoms with Crippen molar-refractivity contribution in [2.24, 2.45) is 7.05 Å². The van der Waals surface area contributed by atoms with E-state index in [1.165, 1.54) is 33.2 Å². The van der Waals surface area contributed by atoms with Gasteiger partial charge in [-0.3, -0.25) is 0 Å². The van der Waals surface area contributed by atoms with Crippen LogP contribution in [0.2, 0.25) is 0 Å². The van der Waals surface area contributed by atoms with E-state index in [0.717, 1.165) is 0 Å². The Kier molecular flexibility index (Phi) is 4.95. The fourth-order valence-electron chi connectivity index (χ4n) is 3.08. The van der Waals surface area contributed by atoms with E-state index >= 15 is 0 Å². The fourth-order valence-corrected chi connectivity index (χ4v) is 3.08. The largest absolute Gasteiger partial charge is 1.00 e. The number of rotatable bonds is 2. The third kappa shape index (κ3) is 3.20. The maximum atomic E-state index is 2.26. The quantitative estimate of drug-likeness (QED) is 0.343. The molecule has 0 spiro atoms. The Morgan fingerprint density at radius 2 is 1.21 bits per heavy atom. The highest BCUT2D eigenvalue weighted by Gasteiger charge is 2.09. The topological polar surface area (TPSA) is 3.88 Å². The molecule has 0 aliphatic carbocycles. The number of fused-ring (bicyclic) bond motifs is 1. The van der Waals surface area contributed by atoms with Gasteiger partial charge in [0, 0.05) is 17.0 Å². The van der Waals surface area contributed by atoms with Crippen LogP contribution in [0.4, 0.5) is 0 Å². The second-order valence-corrected chi connectivity index (χ2v) is 5.85. The summed E-state index contributed by atoms with van der Waals surface area (Å²) >= 11 is 0. The first-order chi connectivity index (χ1) is 11.3. The van der Waals surface area contributed by atoms with Gasteiger partial charge < -0.3 is 24.0 Å². The van der Waals surface area contributed by atoms with E-state index in [4.69, 9.17) is 0 Å². The average Bonchev–Trinajstić information content (AvgIpc) is 2.62. The zero-order valence-electron chi connectivity index (χ0n) is 13.5. The molecule has 0 aliphatic heterocycles. The van der Waals surface area contributed by atoms with Crippen LogP contribution in [0.25, 0.3) is 33.2 Å². The maximum Gasteiger partial charge on any atom is 0.212 e. The highest BCUT2D eigenvalue weighted by atomic mass is 127. The third-order valence-electron chi connectivity index (χ3n) is 4.26. The van der Waals surface area contributed by atoms with Crippen molar-refractivity contribution in [3.8, 4) is 22.3 Å². The number of halogens is 1. The van der Waals surface area contributed by atoms with Crippen molar-refractivity contribution in [3.63, 3.8) is 0 Å². The van der Waals surface area contributed by atoms with Crippen LogP contribution in [0.5, 0.6) is 0 Å². The number of nitrogens with zero attached hydrogens (tertiary/aromatic N) is 1. The molecule has 0 radical (unpaired) electrons. The zero-order chi connectivity index (χ0) is 15.6. The van der Waals surface area contributed by atoms with Gasteiger partial charge in [0.2, 0.25) is 5.52 Å².